The molecule has 0 saturated heterocycles. The molecule has 0 aliphatic rings. The Hall–Kier alpha value is -3.66. The van der Waals surface area contributed by atoms with Crippen LogP contribution in [0, 0.1) is 0 Å². The van der Waals surface area contributed by atoms with Crippen molar-refractivity contribution in [3.05, 3.63) is 124 Å². The third-order valence-corrected chi connectivity index (χ3v) is 7.86. The van der Waals surface area contributed by atoms with Gasteiger partial charge in [-0.1, -0.05) is 57.9 Å². The van der Waals surface area contributed by atoms with E-state index in [1.807, 2.05) is 18.2 Å². The van der Waals surface area contributed by atoms with Gasteiger partial charge in [-0.25, -0.2) is 13.8 Å². The van der Waals surface area contributed by atoms with Crippen LogP contribution in [0.25, 0.3) is 0 Å². The first-order valence-electron chi connectivity index (χ1n) is 11.4. The largest absolute Gasteiger partial charge is 0.489 e. The van der Waals surface area contributed by atoms with Gasteiger partial charge in [0.1, 0.15) is 18.9 Å². The van der Waals surface area contributed by atoms with E-state index < -0.39 is 22.5 Å². The van der Waals surface area contributed by atoms with E-state index in [0.717, 1.165) is 19.9 Å². The predicted molar refractivity (Wildman–Crippen MR) is 153 cm³/mol. The van der Waals surface area contributed by atoms with Crippen LogP contribution >= 0.6 is 27.5 Å². The molecule has 0 heterocycles. The zero-order chi connectivity index (χ0) is 27.0. The van der Waals surface area contributed by atoms with Crippen molar-refractivity contribution < 1.29 is 17.9 Å². The second-order valence-electron chi connectivity index (χ2n) is 8.08. The number of benzene rings is 4. The third kappa shape index (κ3) is 7.44. The molecule has 4 rings (SSSR count). The molecule has 1 amide bonds. The van der Waals surface area contributed by atoms with Crippen LogP contribution in [0.3, 0.4) is 0 Å². The normalized spacial score (nSPS) is 11.3. The van der Waals surface area contributed by atoms with E-state index in [2.05, 4.69) is 26.5 Å². The van der Waals surface area contributed by atoms with Crippen molar-refractivity contribution >= 4 is 55.4 Å². The van der Waals surface area contributed by atoms with Crippen molar-refractivity contribution in [2.75, 3.05) is 10.8 Å². The topological polar surface area (TPSA) is 88.1 Å². The highest BCUT2D eigenvalue weighted by Crippen LogP contribution is 2.25. The Bertz CT molecular complexity index is 1510. The van der Waals surface area contributed by atoms with Gasteiger partial charge in [0, 0.05) is 9.50 Å². The van der Waals surface area contributed by atoms with Crippen LogP contribution in [-0.2, 0) is 21.4 Å². The van der Waals surface area contributed by atoms with Crippen LogP contribution < -0.4 is 14.5 Å². The van der Waals surface area contributed by atoms with Crippen LogP contribution in [0.2, 0.25) is 5.02 Å². The Labute approximate surface area is 234 Å². The summed E-state index contributed by atoms with van der Waals surface area (Å²) < 4.78 is 34.2. The second kappa shape index (κ2) is 12.7. The number of ether oxygens (including phenoxy) is 1. The van der Waals surface area contributed by atoms with Gasteiger partial charge in [0.15, 0.2) is 0 Å². The van der Waals surface area contributed by atoms with Crippen LogP contribution in [0.4, 0.5) is 5.69 Å². The van der Waals surface area contributed by atoms with Gasteiger partial charge in [-0.3, -0.25) is 9.10 Å². The minimum atomic E-state index is -3.99. The lowest BCUT2D eigenvalue weighted by Gasteiger charge is -2.23. The molecular formula is C28H23BrClN3O4S. The Morgan fingerprint density at radius 2 is 1.66 bits per heavy atom. The summed E-state index contributed by atoms with van der Waals surface area (Å²) in [5.74, 6) is 0.0765. The zero-order valence-electron chi connectivity index (χ0n) is 20.0. The number of amides is 1. The highest BCUT2D eigenvalue weighted by atomic mass is 79.9. The molecule has 0 atom stereocenters. The monoisotopic (exact) mass is 611 g/mol. The Morgan fingerprint density at radius 1 is 0.947 bits per heavy atom. The first kappa shape index (κ1) is 27.4. The average molecular weight is 613 g/mol. The molecule has 38 heavy (non-hydrogen) atoms. The highest BCUT2D eigenvalue weighted by molar-refractivity contribution is 9.10. The highest BCUT2D eigenvalue weighted by Gasteiger charge is 2.27. The summed E-state index contributed by atoms with van der Waals surface area (Å²) in [5, 5.41) is 4.63. The molecule has 0 radical (unpaired) electrons. The molecule has 194 valence electrons. The third-order valence-electron chi connectivity index (χ3n) is 5.31. The summed E-state index contributed by atoms with van der Waals surface area (Å²) in [4.78, 5) is 12.8. The van der Waals surface area contributed by atoms with Gasteiger partial charge in [0.05, 0.1) is 16.8 Å². The molecule has 0 aliphatic carbocycles. The van der Waals surface area contributed by atoms with Crippen molar-refractivity contribution in [2.45, 2.75) is 11.5 Å². The van der Waals surface area contributed by atoms with E-state index in [9.17, 15) is 13.2 Å². The molecule has 0 bridgehead atoms. The van der Waals surface area contributed by atoms with Gasteiger partial charge < -0.3 is 4.74 Å². The van der Waals surface area contributed by atoms with E-state index in [4.69, 9.17) is 16.3 Å². The van der Waals surface area contributed by atoms with E-state index >= 15 is 0 Å². The van der Waals surface area contributed by atoms with Crippen LogP contribution in [0.15, 0.2) is 118 Å². The van der Waals surface area contributed by atoms with Gasteiger partial charge in [-0.15, -0.1) is 0 Å². The summed E-state index contributed by atoms with van der Waals surface area (Å²) in [6, 6.07) is 29.2. The molecule has 0 aromatic heterocycles. The lowest BCUT2D eigenvalue weighted by atomic mass is 10.2. The second-order valence-corrected chi connectivity index (χ2v) is 11.3. The van der Waals surface area contributed by atoms with Gasteiger partial charge in [0.2, 0.25) is 0 Å². The number of hydrogen-bond acceptors (Lipinski definition) is 5. The van der Waals surface area contributed by atoms with Crippen molar-refractivity contribution in [1.82, 2.24) is 5.43 Å². The van der Waals surface area contributed by atoms with Crippen LogP contribution in [0.1, 0.15) is 11.1 Å². The van der Waals surface area contributed by atoms with Crippen LogP contribution in [-0.4, -0.2) is 27.1 Å². The SMILES string of the molecule is O=C(CN(c1ccc(Br)cc1)S(=O)(=O)c1ccccc1)N/N=C\c1ccc(OCc2cccc(Cl)c2)cc1. The summed E-state index contributed by atoms with van der Waals surface area (Å²) in [7, 11) is -3.99. The molecule has 0 spiro atoms. The van der Waals surface area contributed by atoms with Crippen LogP contribution in [0.5, 0.6) is 5.75 Å². The first-order chi connectivity index (χ1) is 18.3. The molecule has 0 fully saturated rings. The Kier molecular flexibility index (Phi) is 9.17. The molecule has 0 aliphatic heterocycles. The van der Waals surface area contributed by atoms with Crippen molar-refractivity contribution in [3.63, 3.8) is 0 Å². The Balaban J connectivity index is 1.39. The maximum Gasteiger partial charge on any atom is 0.264 e. The molecule has 7 nitrogen and oxygen atoms in total. The molecular weight excluding hydrogens is 590 g/mol. The summed E-state index contributed by atoms with van der Waals surface area (Å²) in [5.41, 5.74) is 4.44. The maximum atomic E-state index is 13.3. The number of carbonyl (C=O) groups is 1. The first-order valence-corrected chi connectivity index (χ1v) is 14.0. The van der Waals surface area contributed by atoms with Gasteiger partial charge in [0.25, 0.3) is 15.9 Å². The molecule has 0 unspecified atom stereocenters. The van der Waals surface area contributed by atoms with Gasteiger partial charge >= 0.3 is 0 Å². The summed E-state index contributed by atoms with van der Waals surface area (Å²) >= 11 is 9.34. The number of halogens is 2. The fourth-order valence-electron chi connectivity index (χ4n) is 3.43. The molecule has 0 saturated carbocycles. The van der Waals surface area contributed by atoms with Crippen molar-refractivity contribution in [1.29, 1.82) is 0 Å². The standard InChI is InChI=1S/C28H23BrClN3O4S/c29-23-11-13-25(14-12-23)33(38(35,36)27-7-2-1-3-8-27)19-28(34)32-31-18-21-9-15-26(16-10-21)37-20-22-5-4-6-24(30)17-22/h1-18H,19-20H2,(H,32,34)/b31-18-. The van der Waals surface area contributed by atoms with Crippen molar-refractivity contribution in [2.24, 2.45) is 5.10 Å². The summed E-state index contributed by atoms with van der Waals surface area (Å²) in [6.45, 7) is -0.0721. The number of anilines is 1. The minimum absolute atomic E-state index is 0.0805. The maximum absolute atomic E-state index is 13.3. The number of hydrazone groups is 1. The van der Waals surface area contributed by atoms with Crippen molar-refractivity contribution in [3.8, 4) is 5.75 Å². The molecule has 1 N–H and O–H groups in total. The van der Waals surface area contributed by atoms with E-state index in [1.54, 1.807) is 72.8 Å². The van der Waals surface area contributed by atoms with Gasteiger partial charge in [-0.05, 0) is 83.9 Å². The fourth-order valence-corrected chi connectivity index (χ4v) is 5.35. The minimum Gasteiger partial charge on any atom is -0.489 e. The lowest BCUT2D eigenvalue weighted by molar-refractivity contribution is -0.119. The number of carbonyl (C=O) groups excluding carboxylic acids is 1. The smallest absolute Gasteiger partial charge is 0.264 e. The van der Waals surface area contributed by atoms with E-state index in [-0.39, 0.29) is 4.90 Å². The molecule has 4 aromatic rings. The zero-order valence-corrected chi connectivity index (χ0v) is 23.2. The summed E-state index contributed by atoms with van der Waals surface area (Å²) in [6.07, 6.45) is 1.47. The fraction of sp³-hybridized carbons (Fsp3) is 0.0714. The number of hydrogen-bond donors (Lipinski definition) is 1. The van der Waals surface area contributed by atoms with Gasteiger partial charge in [-0.2, -0.15) is 5.10 Å². The number of sulfonamides is 1. The predicted octanol–water partition coefficient (Wildman–Crippen LogP) is 6.03. The molecule has 4 aromatic carbocycles. The lowest BCUT2D eigenvalue weighted by Crippen LogP contribution is -2.39. The number of rotatable bonds is 10. The average Bonchev–Trinajstić information content (AvgIpc) is 2.92. The van der Waals surface area contributed by atoms with E-state index in [0.29, 0.717) is 23.1 Å². The number of nitrogens with one attached hydrogen (secondary N) is 1. The van der Waals surface area contributed by atoms with E-state index in [1.165, 1.54) is 18.3 Å². The Morgan fingerprint density at radius 3 is 2.34 bits per heavy atom. The molecule has 10 heteroatoms. The quantitative estimate of drug-likeness (QED) is 0.175. The number of nitrogens with zero attached hydrogens (tertiary/aromatic N) is 2.